The number of carbonyl (C=O) groups excluding carboxylic acids is 3. The molecule has 0 heterocycles. The minimum absolute atomic E-state index is 0.0644. The maximum atomic E-state index is 12.6. The first-order valence-electron chi connectivity index (χ1n) is 14.4. The first-order chi connectivity index (χ1) is 17.4. The van der Waals surface area contributed by atoms with Crippen LogP contribution in [0.3, 0.4) is 0 Å². The van der Waals surface area contributed by atoms with Crippen LogP contribution in [0.2, 0.25) is 0 Å². The highest BCUT2D eigenvalue weighted by atomic mass is 16.6. The fraction of sp³-hybridized carbons (Fsp3) is 0.833. The Balaban J connectivity index is 4.43. The molecule has 0 aliphatic carbocycles. The Morgan fingerprint density at radius 3 is 2.16 bits per heavy atom. The van der Waals surface area contributed by atoms with Crippen molar-refractivity contribution in [2.45, 2.75) is 143 Å². The van der Waals surface area contributed by atoms with Gasteiger partial charge in [0.05, 0.1) is 6.54 Å². The van der Waals surface area contributed by atoms with Gasteiger partial charge in [-0.3, -0.25) is 4.79 Å². The van der Waals surface area contributed by atoms with E-state index in [4.69, 9.17) is 14.2 Å². The van der Waals surface area contributed by atoms with Gasteiger partial charge in [-0.05, 0) is 65.2 Å². The molecule has 0 aromatic carbocycles. The Morgan fingerprint density at radius 1 is 0.892 bits per heavy atom. The highest BCUT2D eigenvalue weighted by Gasteiger charge is 2.31. The van der Waals surface area contributed by atoms with Gasteiger partial charge in [0.25, 0.3) is 0 Å². The number of carbonyl (C=O) groups is 3. The van der Waals surface area contributed by atoms with E-state index in [-0.39, 0.29) is 24.7 Å². The van der Waals surface area contributed by atoms with Gasteiger partial charge in [-0.15, -0.1) is 0 Å². The molecule has 0 aromatic heterocycles. The van der Waals surface area contributed by atoms with Gasteiger partial charge in [-0.1, -0.05) is 72.8 Å². The van der Waals surface area contributed by atoms with E-state index in [1.54, 1.807) is 6.92 Å². The van der Waals surface area contributed by atoms with Gasteiger partial charge in [-0.2, -0.15) is 0 Å². The van der Waals surface area contributed by atoms with Crippen LogP contribution < -0.4 is 5.32 Å². The van der Waals surface area contributed by atoms with Crippen molar-refractivity contribution in [3.63, 3.8) is 0 Å². The molecule has 0 saturated carbocycles. The molecule has 3 unspecified atom stereocenters. The second kappa shape index (κ2) is 19.1. The number of hydrogen-bond donors (Lipinski definition) is 1. The summed E-state index contributed by atoms with van der Waals surface area (Å²) in [5.74, 6) is 0.00617. The largest absolute Gasteiger partial charge is 0.460 e. The van der Waals surface area contributed by atoms with Crippen molar-refractivity contribution in [1.82, 2.24) is 5.32 Å². The summed E-state index contributed by atoms with van der Waals surface area (Å²) in [6.07, 6.45) is 11.3. The third-order valence-corrected chi connectivity index (χ3v) is 7.03. The quantitative estimate of drug-likeness (QED) is 0.0716. The van der Waals surface area contributed by atoms with E-state index >= 15 is 0 Å². The second-order valence-corrected chi connectivity index (χ2v) is 10.9. The van der Waals surface area contributed by atoms with Gasteiger partial charge in [0.1, 0.15) is 17.8 Å². The SMILES string of the molecule is C=C(C)C(=O)OCCNC(=O)OC(C)(CC)CCCCCC(=O)OC(C)(CCC)CC(CC)CCCC. The van der Waals surface area contributed by atoms with Gasteiger partial charge in [0, 0.05) is 12.0 Å². The van der Waals surface area contributed by atoms with Crippen LogP contribution in [-0.4, -0.2) is 42.4 Å². The summed E-state index contributed by atoms with van der Waals surface area (Å²) in [6, 6.07) is 0. The smallest absolute Gasteiger partial charge is 0.407 e. The molecule has 0 bridgehead atoms. The third-order valence-electron chi connectivity index (χ3n) is 7.03. The molecular weight excluding hydrogens is 470 g/mol. The monoisotopic (exact) mass is 525 g/mol. The standard InChI is InChI=1S/C30H55NO6/c1-9-13-17-25(11-3)23-30(8,19-10-2)36-26(32)18-15-14-16-20-29(7,12-4)37-28(34)31-21-22-35-27(33)24(5)6/h25H,5,9-23H2,1-4,6-8H3,(H,31,34). The highest BCUT2D eigenvalue weighted by Crippen LogP contribution is 2.31. The fourth-order valence-corrected chi connectivity index (χ4v) is 4.53. The molecule has 7 nitrogen and oxygen atoms in total. The number of hydrogen-bond acceptors (Lipinski definition) is 6. The molecule has 1 amide bonds. The molecule has 0 saturated heterocycles. The van der Waals surface area contributed by atoms with Gasteiger partial charge in [0.2, 0.25) is 0 Å². The highest BCUT2D eigenvalue weighted by molar-refractivity contribution is 5.86. The van der Waals surface area contributed by atoms with Crippen LogP contribution in [0.4, 0.5) is 4.79 Å². The zero-order valence-electron chi connectivity index (χ0n) is 24.8. The Labute approximate surface area is 226 Å². The Hall–Kier alpha value is -2.05. The van der Waals surface area contributed by atoms with E-state index in [2.05, 4.69) is 39.6 Å². The van der Waals surface area contributed by atoms with Crippen LogP contribution in [0.25, 0.3) is 0 Å². The lowest BCUT2D eigenvalue weighted by atomic mass is 9.84. The van der Waals surface area contributed by atoms with E-state index in [0.717, 1.165) is 44.9 Å². The summed E-state index contributed by atoms with van der Waals surface area (Å²) in [5, 5.41) is 2.61. The predicted octanol–water partition coefficient (Wildman–Crippen LogP) is 7.66. The summed E-state index contributed by atoms with van der Waals surface area (Å²) in [4.78, 5) is 36.2. The second-order valence-electron chi connectivity index (χ2n) is 10.9. The number of nitrogens with one attached hydrogen (secondary N) is 1. The molecule has 0 rings (SSSR count). The average molecular weight is 526 g/mol. The van der Waals surface area contributed by atoms with E-state index in [1.165, 1.54) is 19.3 Å². The molecule has 0 aliphatic rings. The summed E-state index contributed by atoms with van der Waals surface area (Å²) in [6.45, 7) is 17.9. The van der Waals surface area contributed by atoms with Crippen LogP contribution in [0.15, 0.2) is 12.2 Å². The number of ether oxygens (including phenoxy) is 3. The molecule has 0 fully saturated rings. The maximum absolute atomic E-state index is 12.6. The Bertz CT molecular complexity index is 694. The molecular formula is C30H55NO6. The molecule has 3 atom stereocenters. The first kappa shape index (κ1) is 35.0. The number of rotatable bonds is 21. The van der Waals surface area contributed by atoms with Gasteiger partial charge < -0.3 is 19.5 Å². The molecule has 0 radical (unpaired) electrons. The first-order valence-corrected chi connectivity index (χ1v) is 14.4. The zero-order valence-corrected chi connectivity index (χ0v) is 24.8. The lowest BCUT2D eigenvalue weighted by molar-refractivity contribution is -0.161. The van der Waals surface area contributed by atoms with Crippen molar-refractivity contribution in [2.24, 2.45) is 5.92 Å². The lowest BCUT2D eigenvalue weighted by Crippen LogP contribution is -2.38. The molecule has 0 aliphatic heterocycles. The average Bonchev–Trinajstić information content (AvgIpc) is 2.83. The van der Waals surface area contributed by atoms with Gasteiger partial charge >= 0.3 is 18.0 Å². The molecule has 1 N–H and O–H groups in total. The van der Waals surface area contributed by atoms with Crippen LogP contribution in [0.1, 0.15) is 132 Å². The number of esters is 2. The Morgan fingerprint density at radius 2 is 1.59 bits per heavy atom. The van der Waals surface area contributed by atoms with Crippen molar-refractivity contribution in [1.29, 1.82) is 0 Å². The van der Waals surface area contributed by atoms with Crippen molar-refractivity contribution in [3.05, 3.63) is 12.2 Å². The van der Waals surface area contributed by atoms with Crippen LogP contribution in [0, 0.1) is 5.92 Å². The van der Waals surface area contributed by atoms with Gasteiger partial charge in [-0.25, -0.2) is 9.59 Å². The van der Waals surface area contributed by atoms with Crippen LogP contribution in [-0.2, 0) is 23.8 Å². The Kier molecular flexibility index (Phi) is 18.0. The van der Waals surface area contributed by atoms with E-state index < -0.39 is 17.7 Å². The molecule has 37 heavy (non-hydrogen) atoms. The molecule has 216 valence electrons. The minimum Gasteiger partial charge on any atom is -0.460 e. The number of amides is 1. The lowest BCUT2D eigenvalue weighted by Gasteiger charge is -2.33. The fourth-order valence-electron chi connectivity index (χ4n) is 4.53. The summed E-state index contributed by atoms with van der Waals surface area (Å²) in [7, 11) is 0. The van der Waals surface area contributed by atoms with Crippen molar-refractivity contribution in [2.75, 3.05) is 13.2 Å². The normalized spacial score (nSPS) is 15.1. The van der Waals surface area contributed by atoms with Crippen LogP contribution in [0.5, 0.6) is 0 Å². The van der Waals surface area contributed by atoms with E-state index in [0.29, 0.717) is 30.8 Å². The molecule has 7 heteroatoms. The van der Waals surface area contributed by atoms with E-state index in [1.807, 2.05) is 13.8 Å². The minimum atomic E-state index is -0.591. The maximum Gasteiger partial charge on any atom is 0.407 e. The zero-order chi connectivity index (χ0) is 28.3. The predicted molar refractivity (Wildman–Crippen MR) is 149 cm³/mol. The van der Waals surface area contributed by atoms with Crippen molar-refractivity contribution >= 4 is 18.0 Å². The summed E-state index contributed by atoms with van der Waals surface area (Å²) < 4.78 is 16.6. The third kappa shape index (κ3) is 16.4. The van der Waals surface area contributed by atoms with Gasteiger partial charge in [0.15, 0.2) is 0 Å². The van der Waals surface area contributed by atoms with E-state index in [9.17, 15) is 14.4 Å². The number of unbranched alkanes of at least 4 members (excludes halogenated alkanes) is 3. The van der Waals surface area contributed by atoms with Crippen molar-refractivity contribution < 1.29 is 28.6 Å². The topological polar surface area (TPSA) is 90.9 Å². The van der Waals surface area contributed by atoms with Crippen molar-refractivity contribution in [3.8, 4) is 0 Å². The summed E-state index contributed by atoms with van der Waals surface area (Å²) >= 11 is 0. The summed E-state index contributed by atoms with van der Waals surface area (Å²) in [5.41, 5.74) is -0.658. The molecule has 0 spiro atoms. The number of alkyl carbamates (subject to hydrolysis) is 1. The molecule has 0 aromatic rings. The van der Waals surface area contributed by atoms with Crippen LogP contribution >= 0.6 is 0 Å².